The molecule has 0 saturated carbocycles. The van der Waals surface area contributed by atoms with Gasteiger partial charge < -0.3 is 0 Å². The number of alkyl halides is 2. The monoisotopic (exact) mass is 358 g/mol. The molecule has 0 aliphatic rings. The fourth-order valence-corrected chi connectivity index (χ4v) is 2.29. The average Bonchev–Trinajstić information content (AvgIpc) is 2.29. The van der Waals surface area contributed by atoms with Crippen molar-refractivity contribution in [2.24, 2.45) is 0 Å². The van der Waals surface area contributed by atoms with Crippen molar-refractivity contribution in [3.8, 4) is 11.1 Å². The van der Waals surface area contributed by atoms with Gasteiger partial charge in [0.2, 0.25) is 0 Å². The Bertz CT molecular complexity index is 478. The third kappa shape index (κ3) is 2.88. The summed E-state index contributed by atoms with van der Waals surface area (Å²) in [5.74, 6) is 0. The molecule has 0 bridgehead atoms. The second kappa shape index (κ2) is 5.35. The first kappa shape index (κ1) is 12.2. The lowest BCUT2D eigenvalue weighted by atomic mass is 10.0. The van der Waals surface area contributed by atoms with E-state index in [0.29, 0.717) is 0 Å². The summed E-state index contributed by atoms with van der Waals surface area (Å²) in [6.45, 7) is 0. The number of benzene rings is 2. The van der Waals surface area contributed by atoms with Gasteiger partial charge in [0.1, 0.15) is 0 Å². The highest BCUT2D eigenvalue weighted by atomic mass is 79.9. The molecule has 2 rings (SSSR count). The summed E-state index contributed by atoms with van der Waals surface area (Å²) < 4.78 is 0.202. The Kier molecular flexibility index (Phi) is 4.06. The van der Waals surface area contributed by atoms with E-state index in [4.69, 9.17) is 11.6 Å². The van der Waals surface area contributed by atoms with Crippen LogP contribution in [0.2, 0.25) is 5.02 Å². The van der Waals surface area contributed by atoms with Crippen LogP contribution >= 0.6 is 43.5 Å². The molecule has 0 aromatic heterocycles. The van der Waals surface area contributed by atoms with Crippen molar-refractivity contribution < 1.29 is 0 Å². The summed E-state index contributed by atoms with van der Waals surface area (Å²) in [5, 5.41) is 0.764. The zero-order valence-electron chi connectivity index (χ0n) is 8.33. The van der Waals surface area contributed by atoms with Crippen LogP contribution < -0.4 is 0 Å². The quantitative estimate of drug-likeness (QED) is 0.594. The Morgan fingerprint density at radius 2 is 1.56 bits per heavy atom. The highest BCUT2D eigenvalue weighted by molar-refractivity contribution is 9.24. The summed E-state index contributed by atoms with van der Waals surface area (Å²) >= 11 is 12.9. The molecular formula is C13H9Br2Cl. The molecular weight excluding hydrogens is 351 g/mol. The van der Waals surface area contributed by atoms with Gasteiger partial charge in [-0.05, 0) is 28.8 Å². The SMILES string of the molecule is Clc1cccc(-c2ccc(C(Br)Br)cc2)c1. The Hall–Kier alpha value is -0.310. The van der Waals surface area contributed by atoms with Crippen LogP contribution in [-0.2, 0) is 0 Å². The van der Waals surface area contributed by atoms with Crippen molar-refractivity contribution in [3.63, 3.8) is 0 Å². The minimum Gasteiger partial charge on any atom is -0.0843 e. The summed E-state index contributed by atoms with van der Waals surface area (Å²) in [7, 11) is 0. The van der Waals surface area contributed by atoms with Crippen molar-refractivity contribution in [2.75, 3.05) is 0 Å². The first-order valence-corrected chi connectivity index (χ1v) is 7.02. The second-order valence-electron chi connectivity index (χ2n) is 3.43. The minimum atomic E-state index is 0.202. The van der Waals surface area contributed by atoms with E-state index in [2.05, 4.69) is 62.2 Å². The van der Waals surface area contributed by atoms with Gasteiger partial charge in [0, 0.05) is 5.02 Å². The van der Waals surface area contributed by atoms with Gasteiger partial charge in [-0.15, -0.1) is 0 Å². The van der Waals surface area contributed by atoms with Gasteiger partial charge in [0.05, 0.1) is 3.74 Å². The molecule has 0 radical (unpaired) electrons. The average molecular weight is 360 g/mol. The number of halogens is 3. The van der Waals surface area contributed by atoms with Crippen molar-refractivity contribution in [3.05, 3.63) is 59.1 Å². The Labute approximate surface area is 117 Å². The van der Waals surface area contributed by atoms with Crippen molar-refractivity contribution >= 4 is 43.5 Å². The molecule has 0 nitrogen and oxygen atoms in total. The molecule has 3 heteroatoms. The molecule has 0 heterocycles. The molecule has 0 unspecified atom stereocenters. The van der Waals surface area contributed by atoms with E-state index in [0.717, 1.165) is 10.6 Å². The lowest BCUT2D eigenvalue weighted by Crippen LogP contribution is -1.82. The molecule has 0 amide bonds. The fourth-order valence-electron chi connectivity index (χ4n) is 1.49. The molecule has 82 valence electrons. The smallest absolute Gasteiger partial charge is 0.0843 e. The zero-order chi connectivity index (χ0) is 11.5. The van der Waals surface area contributed by atoms with E-state index in [-0.39, 0.29) is 3.74 Å². The van der Waals surface area contributed by atoms with Crippen LogP contribution in [0.4, 0.5) is 0 Å². The van der Waals surface area contributed by atoms with E-state index in [1.807, 2.05) is 18.2 Å². The van der Waals surface area contributed by atoms with Crippen LogP contribution in [0.25, 0.3) is 11.1 Å². The molecule has 0 saturated heterocycles. The Balaban J connectivity index is 2.35. The van der Waals surface area contributed by atoms with E-state index in [9.17, 15) is 0 Å². The molecule has 0 N–H and O–H groups in total. The summed E-state index contributed by atoms with van der Waals surface area (Å²) in [6, 6.07) is 16.2. The van der Waals surface area contributed by atoms with Crippen LogP contribution in [0.15, 0.2) is 48.5 Å². The first-order chi connectivity index (χ1) is 7.66. The second-order valence-corrected chi connectivity index (χ2v) is 6.93. The van der Waals surface area contributed by atoms with E-state index in [1.165, 1.54) is 11.1 Å². The van der Waals surface area contributed by atoms with Crippen molar-refractivity contribution in [1.29, 1.82) is 0 Å². The molecule has 2 aromatic rings. The molecule has 0 aliphatic heterocycles. The third-order valence-corrected chi connectivity index (χ3v) is 3.61. The topological polar surface area (TPSA) is 0 Å². The van der Waals surface area contributed by atoms with Gasteiger partial charge >= 0.3 is 0 Å². The number of hydrogen-bond donors (Lipinski definition) is 0. The van der Waals surface area contributed by atoms with Gasteiger partial charge in [0.25, 0.3) is 0 Å². The van der Waals surface area contributed by atoms with Gasteiger partial charge in [-0.3, -0.25) is 0 Å². The maximum absolute atomic E-state index is 5.96. The highest BCUT2D eigenvalue weighted by Gasteiger charge is 2.03. The van der Waals surface area contributed by atoms with Crippen molar-refractivity contribution in [2.45, 2.75) is 3.74 Å². The summed E-state index contributed by atoms with van der Waals surface area (Å²) in [5.41, 5.74) is 3.51. The van der Waals surface area contributed by atoms with Gasteiger partial charge in [-0.1, -0.05) is 79.9 Å². The predicted molar refractivity (Wildman–Crippen MR) is 77.5 cm³/mol. The van der Waals surface area contributed by atoms with E-state index < -0.39 is 0 Å². The van der Waals surface area contributed by atoms with E-state index >= 15 is 0 Å². The largest absolute Gasteiger partial charge is 0.0946 e. The Morgan fingerprint density at radius 3 is 2.12 bits per heavy atom. The summed E-state index contributed by atoms with van der Waals surface area (Å²) in [4.78, 5) is 0. The van der Waals surface area contributed by atoms with Crippen LogP contribution in [-0.4, -0.2) is 0 Å². The maximum atomic E-state index is 5.96. The normalized spacial score (nSPS) is 10.8. The van der Waals surface area contributed by atoms with Gasteiger partial charge in [0.15, 0.2) is 0 Å². The van der Waals surface area contributed by atoms with Crippen LogP contribution in [0, 0.1) is 0 Å². The molecule has 0 atom stereocenters. The maximum Gasteiger partial charge on any atom is 0.0946 e. The van der Waals surface area contributed by atoms with Crippen LogP contribution in [0.1, 0.15) is 9.30 Å². The fraction of sp³-hybridized carbons (Fsp3) is 0.0769. The standard InChI is InChI=1S/C13H9Br2Cl/c14-13(15)10-6-4-9(5-7-10)11-2-1-3-12(16)8-11/h1-8,13H. The molecule has 16 heavy (non-hydrogen) atoms. The minimum absolute atomic E-state index is 0.202. The highest BCUT2D eigenvalue weighted by Crippen LogP contribution is 2.31. The van der Waals surface area contributed by atoms with Gasteiger partial charge in [-0.2, -0.15) is 0 Å². The molecule has 0 aliphatic carbocycles. The molecule has 0 spiro atoms. The van der Waals surface area contributed by atoms with E-state index in [1.54, 1.807) is 0 Å². The van der Waals surface area contributed by atoms with Crippen LogP contribution in [0.5, 0.6) is 0 Å². The van der Waals surface area contributed by atoms with Gasteiger partial charge in [-0.25, -0.2) is 0 Å². The van der Waals surface area contributed by atoms with Crippen molar-refractivity contribution in [1.82, 2.24) is 0 Å². The zero-order valence-corrected chi connectivity index (χ0v) is 12.3. The lowest BCUT2D eigenvalue weighted by molar-refractivity contribution is 1.42. The van der Waals surface area contributed by atoms with Crippen LogP contribution in [0.3, 0.4) is 0 Å². The third-order valence-electron chi connectivity index (χ3n) is 2.32. The number of rotatable bonds is 2. The Morgan fingerprint density at radius 1 is 0.875 bits per heavy atom. The molecule has 0 fully saturated rings. The lowest BCUT2D eigenvalue weighted by Gasteiger charge is -2.05. The number of hydrogen-bond acceptors (Lipinski definition) is 0. The first-order valence-electron chi connectivity index (χ1n) is 4.81. The predicted octanol–water partition coefficient (Wildman–Crippen LogP) is 5.80. The molecule has 2 aromatic carbocycles. The summed E-state index contributed by atoms with van der Waals surface area (Å²) in [6.07, 6.45) is 0.